The quantitative estimate of drug-likeness (QED) is 0.550. The van der Waals surface area contributed by atoms with Gasteiger partial charge in [0, 0.05) is 18.3 Å². The number of rotatable bonds is 0. The molecular weight excluding hydrogens is 140 g/mol. The topological polar surface area (TPSA) is 27.1 Å². The average molecular weight is 152 g/mol. The maximum absolute atomic E-state index is 5.29. The van der Waals surface area contributed by atoms with Crippen LogP contribution in [0.3, 0.4) is 0 Å². The van der Waals surface area contributed by atoms with Crippen molar-refractivity contribution in [3.8, 4) is 0 Å². The first kappa shape index (κ1) is 6.85. The van der Waals surface area contributed by atoms with Crippen LogP contribution >= 0.6 is 0 Å². The molecule has 0 saturated heterocycles. The van der Waals surface area contributed by atoms with E-state index in [1.807, 2.05) is 11.7 Å². The number of ether oxygens (including phenoxy) is 1. The van der Waals surface area contributed by atoms with Gasteiger partial charge in [-0.25, -0.2) is 0 Å². The lowest BCUT2D eigenvalue weighted by Crippen LogP contribution is -2.08. The third-order valence-corrected chi connectivity index (χ3v) is 2.28. The van der Waals surface area contributed by atoms with E-state index in [2.05, 4.69) is 12.0 Å². The minimum absolute atomic E-state index is 0.691. The van der Waals surface area contributed by atoms with E-state index in [4.69, 9.17) is 4.74 Å². The van der Waals surface area contributed by atoms with Crippen LogP contribution in [-0.2, 0) is 24.8 Å². The molecule has 0 radical (unpaired) electrons. The first-order valence-corrected chi connectivity index (χ1v) is 3.88. The molecule has 3 nitrogen and oxygen atoms in total. The summed E-state index contributed by atoms with van der Waals surface area (Å²) in [5, 5.41) is 4.34. The van der Waals surface area contributed by atoms with E-state index in [1.54, 1.807) is 0 Å². The molecule has 0 bridgehead atoms. The minimum Gasteiger partial charge on any atom is -0.375 e. The fraction of sp³-hybridized carbons (Fsp3) is 0.625. The number of aromatic nitrogens is 2. The van der Waals surface area contributed by atoms with Crippen molar-refractivity contribution < 1.29 is 4.74 Å². The predicted octanol–water partition coefficient (Wildman–Crippen LogP) is 0.801. The Bertz CT molecular complexity index is 278. The third-order valence-electron chi connectivity index (χ3n) is 2.28. The molecule has 0 aromatic carbocycles. The van der Waals surface area contributed by atoms with Crippen molar-refractivity contribution in [1.82, 2.24) is 9.78 Å². The summed E-state index contributed by atoms with van der Waals surface area (Å²) in [5.41, 5.74) is 3.79. The Hall–Kier alpha value is -0.830. The van der Waals surface area contributed by atoms with Gasteiger partial charge in [0.15, 0.2) is 0 Å². The van der Waals surface area contributed by atoms with Gasteiger partial charge in [-0.1, -0.05) is 0 Å². The normalized spacial score (nSPS) is 16.5. The number of aryl methyl sites for hydroxylation is 1. The largest absolute Gasteiger partial charge is 0.375 e. The summed E-state index contributed by atoms with van der Waals surface area (Å²) in [7, 11) is 1.98. The smallest absolute Gasteiger partial charge is 0.0917 e. The Balaban J connectivity index is 2.50. The van der Waals surface area contributed by atoms with Crippen LogP contribution in [0.4, 0.5) is 0 Å². The third kappa shape index (κ3) is 0.959. The van der Waals surface area contributed by atoms with Crippen LogP contribution in [0.2, 0.25) is 0 Å². The van der Waals surface area contributed by atoms with E-state index in [0.29, 0.717) is 6.61 Å². The highest BCUT2D eigenvalue weighted by Gasteiger charge is 2.16. The molecule has 3 heteroatoms. The molecule has 2 heterocycles. The number of nitrogens with zero attached hydrogens (tertiary/aromatic N) is 2. The van der Waals surface area contributed by atoms with Crippen molar-refractivity contribution in [3.63, 3.8) is 0 Å². The Morgan fingerprint density at radius 1 is 1.55 bits per heavy atom. The van der Waals surface area contributed by atoms with Crippen LogP contribution < -0.4 is 0 Å². The second-order valence-electron chi connectivity index (χ2n) is 2.94. The lowest BCUT2D eigenvalue weighted by molar-refractivity contribution is 0.108. The fourth-order valence-electron chi connectivity index (χ4n) is 1.50. The maximum atomic E-state index is 5.29. The fourth-order valence-corrected chi connectivity index (χ4v) is 1.50. The van der Waals surface area contributed by atoms with Crippen LogP contribution in [0.25, 0.3) is 0 Å². The molecule has 2 rings (SSSR count). The van der Waals surface area contributed by atoms with Crippen LogP contribution in [0.15, 0.2) is 0 Å². The second-order valence-corrected chi connectivity index (χ2v) is 2.94. The van der Waals surface area contributed by atoms with E-state index >= 15 is 0 Å². The summed E-state index contributed by atoms with van der Waals surface area (Å²) < 4.78 is 7.22. The van der Waals surface area contributed by atoms with Gasteiger partial charge < -0.3 is 4.74 Å². The Labute approximate surface area is 66.0 Å². The highest BCUT2D eigenvalue weighted by atomic mass is 16.5. The highest BCUT2D eigenvalue weighted by Crippen LogP contribution is 2.18. The van der Waals surface area contributed by atoms with Gasteiger partial charge in [0.1, 0.15) is 0 Å². The average Bonchev–Trinajstić information content (AvgIpc) is 2.30. The molecule has 0 aliphatic carbocycles. The van der Waals surface area contributed by atoms with Gasteiger partial charge in [0.2, 0.25) is 0 Å². The van der Waals surface area contributed by atoms with Crippen molar-refractivity contribution in [2.75, 3.05) is 6.61 Å². The van der Waals surface area contributed by atoms with E-state index in [9.17, 15) is 0 Å². The second kappa shape index (κ2) is 2.34. The van der Waals surface area contributed by atoms with Gasteiger partial charge in [-0.05, 0) is 13.3 Å². The zero-order valence-corrected chi connectivity index (χ0v) is 6.92. The molecule has 1 aromatic heterocycles. The van der Waals surface area contributed by atoms with Crippen LogP contribution in [0.1, 0.15) is 17.0 Å². The van der Waals surface area contributed by atoms with E-state index in [-0.39, 0.29) is 0 Å². The molecule has 0 N–H and O–H groups in total. The Morgan fingerprint density at radius 3 is 3.09 bits per heavy atom. The van der Waals surface area contributed by atoms with Crippen molar-refractivity contribution in [3.05, 3.63) is 17.0 Å². The zero-order valence-electron chi connectivity index (χ0n) is 6.92. The molecule has 1 aromatic rings. The monoisotopic (exact) mass is 152 g/mol. The standard InChI is InChI=1S/C8H12N2O/c1-6-7-3-4-11-5-8(7)9-10(6)2/h3-5H2,1-2H3. The summed E-state index contributed by atoms with van der Waals surface area (Å²) in [5.74, 6) is 0. The molecule has 0 amide bonds. The molecule has 0 spiro atoms. The van der Waals surface area contributed by atoms with Gasteiger partial charge in [-0.2, -0.15) is 5.10 Å². The molecule has 11 heavy (non-hydrogen) atoms. The SMILES string of the molecule is Cc1c2c(nn1C)COCC2. The van der Waals surface area contributed by atoms with Gasteiger partial charge in [0.25, 0.3) is 0 Å². The lowest BCUT2D eigenvalue weighted by Gasteiger charge is -2.10. The summed E-state index contributed by atoms with van der Waals surface area (Å²) in [6.45, 7) is 3.65. The van der Waals surface area contributed by atoms with Crippen molar-refractivity contribution in [1.29, 1.82) is 0 Å². The summed E-state index contributed by atoms with van der Waals surface area (Å²) >= 11 is 0. The van der Waals surface area contributed by atoms with Gasteiger partial charge in [-0.15, -0.1) is 0 Å². The predicted molar refractivity (Wildman–Crippen MR) is 41.3 cm³/mol. The molecule has 0 saturated carbocycles. The molecule has 60 valence electrons. The molecule has 1 aliphatic rings. The number of fused-ring (bicyclic) bond motifs is 1. The van der Waals surface area contributed by atoms with Crippen LogP contribution in [0.5, 0.6) is 0 Å². The van der Waals surface area contributed by atoms with Crippen molar-refractivity contribution in [2.45, 2.75) is 20.0 Å². The Morgan fingerprint density at radius 2 is 2.36 bits per heavy atom. The first-order chi connectivity index (χ1) is 5.29. The van der Waals surface area contributed by atoms with Gasteiger partial charge in [-0.3, -0.25) is 4.68 Å². The summed E-state index contributed by atoms with van der Waals surface area (Å²) in [6.07, 6.45) is 1.02. The van der Waals surface area contributed by atoms with E-state index in [1.165, 1.54) is 11.3 Å². The van der Waals surface area contributed by atoms with Crippen LogP contribution in [0, 0.1) is 6.92 Å². The van der Waals surface area contributed by atoms with Crippen molar-refractivity contribution in [2.24, 2.45) is 7.05 Å². The number of hydrogen-bond acceptors (Lipinski definition) is 2. The highest BCUT2D eigenvalue weighted by molar-refractivity contribution is 5.26. The molecular formula is C8H12N2O. The minimum atomic E-state index is 0.691. The maximum Gasteiger partial charge on any atom is 0.0917 e. The summed E-state index contributed by atoms with van der Waals surface area (Å²) in [6, 6.07) is 0. The molecule has 0 fully saturated rings. The van der Waals surface area contributed by atoms with Crippen LogP contribution in [-0.4, -0.2) is 16.4 Å². The summed E-state index contributed by atoms with van der Waals surface area (Å²) in [4.78, 5) is 0. The lowest BCUT2D eigenvalue weighted by atomic mass is 10.1. The first-order valence-electron chi connectivity index (χ1n) is 3.88. The molecule has 1 aliphatic heterocycles. The molecule has 0 unspecified atom stereocenters. The molecule has 0 atom stereocenters. The van der Waals surface area contributed by atoms with E-state index in [0.717, 1.165) is 18.7 Å². The number of hydrogen-bond donors (Lipinski definition) is 0. The van der Waals surface area contributed by atoms with Gasteiger partial charge in [0.05, 0.1) is 18.9 Å². The van der Waals surface area contributed by atoms with Crippen molar-refractivity contribution >= 4 is 0 Å². The van der Waals surface area contributed by atoms with E-state index < -0.39 is 0 Å². The van der Waals surface area contributed by atoms with Gasteiger partial charge >= 0.3 is 0 Å². The Kier molecular flexibility index (Phi) is 1.46. The zero-order chi connectivity index (χ0) is 7.84.